The summed E-state index contributed by atoms with van der Waals surface area (Å²) in [6.07, 6.45) is 2.23. The molecule has 0 saturated heterocycles. The molecule has 152 valence electrons. The molecule has 3 rings (SSSR count). The molecule has 0 aliphatic rings. The van der Waals surface area contributed by atoms with E-state index in [1.54, 1.807) is 0 Å². The Kier molecular flexibility index (Phi) is 7.11. The molecular formula is C22H23ClN2O2S2. The molecule has 2 aromatic carbocycles. The minimum Gasteiger partial charge on any atom is -0.465 e. The van der Waals surface area contributed by atoms with E-state index in [-0.39, 0.29) is 6.04 Å². The smallest absolute Gasteiger partial charge is 0.349 e. The number of hydrogen-bond acceptors (Lipinski definition) is 4. The monoisotopic (exact) mass is 446 g/mol. The Hall–Kier alpha value is -2.15. The zero-order valence-electron chi connectivity index (χ0n) is 16.5. The van der Waals surface area contributed by atoms with Gasteiger partial charge in [-0.15, -0.1) is 11.3 Å². The van der Waals surface area contributed by atoms with Gasteiger partial charge in [0.05, 0.1) is 18.2 Å². The van der Waals surface area contributed by atoms with Crippen LogP contribution in [0.5, 0.6) is 0 Å². The molecule has 3 aromatic rings. The van der Waals surface area contributed by atoms with Gasteiger partial charge in [0.15, 0.2) is 5.11 Å². The first-order chi connectivity index (χ1) is 13.9. The van der Waals surface area contributed by atoms with Gasteiger partial charge in [-0.2, -0.15) is 0 Å². The molecule has 1 unspecified atom stereocenters. The highest BCUT2D eigenvalue weighted by molar-refractivity contribution is 7.80. The fourth-order valence-corrected chi connectivity index (χ4v) is 4.84. The Balaban J connectivity index is 1.68. The number of methoxy groups -OCH3 is 1. The maximum Gasteiger partial charge on any atom is 0.349 e. The second kappa shape index (κ2) is 9.57. The van der Waals surface area contributed by atoms with Crippen molar-refractivity contribution in [3.05, 3.63) is 63.5 Å². The molecular weight excluding hydrogens is 424 g/mol. The van der Waals surface area contributed by atoms with Crippen LogP contribution in [0.2, 0.25) is 5.02 Å². The highest BCUT2D eigenvalue weighted by atomic mass is 35.5. The van der Waals surface area contributed by atoms with Gasteiger partial charge in [-0.1, -0.05) is 49.2 Å². The average Bonchev–Trinajstić information content (AvgIpc) is 3.04. The number of fused-ring (bicyclic) bond motifs is 1. The molecule has 0 aliphatic heterocycles. The lowest BCUT2D eigenvalue weighted by Gasteiger charge is -2.18. The summed E-state index contributed by atoms with van der Waals surface area (Å²) in [4.78, 5) is 12.2. The SMILES string of the molecule is CCCc1ccc(C(C)NC(=S)Nc2ccc3c(Cl)c(C(=O)OC)sc3c2)cc1. The molecule has 1 heterocycles. The van der Waals surface area contributed by atoms with Crippen LogP contribution in [0.3, 0.4) is 0 Å². The van der Waals surface area contributed by atoms with Crippen LogP contribution in [0.25, 0.3) is 10.1 Å². The van der Waals surface area contributed by atoms with Gasteiger partial charge in [0, 0.05) is 15.8 Å². The lowest BCUT2D eigenvalue weighted by Crippen LogP contribution is -2.30. The highest BCUT2D eigenvalue weighted by Crippen LogP contribution is 2.37. The van der Waals surface area contributed by atoms with Crippen molar-refractivity contribution in [3.8, 4) is 0 Å². The predicted octanol–water partition coefficient (Wildman–Crippen LogP) is 6.34. The molecule has 0 aliphatic carbocycles. The molecule has 7 heteroatoms. The standard InChI is InChI=1S/C22H23ClN2O2S2/c1-4-5-14-6-8-15(9-7-14)13(2)24-22(28)25-16-10-11-17-18(12-16)29-20(19(17)23)21(26)27-3/h6-13H,4-5H2,1-3H3,(H2,24,25,28). The van der Waals surface area contributed by atoms with E-state index in [2.05, 4.69) is 48.7 Å². The summed E-state index contributed by atoms with van der Waals surface area (Å²) in [5.41, 5.74) is 3.35. The van der Waals surface area contributed by atoms with Crippen LogP contribution >= 0.6 is 35.2 Å². The van der Waals surface area contributed by atoms with Crippen molar-refractivity contribution in [2.24, 2.45) is 0 Å². The van der Waals surface area contributed by atoms with Crippen LogP contribution in [0.4, 0.5) is 5.69 Å². The number of benzene rings is 2. The van der Waals surface area contributed by atoms with E-state index in [0.29, 0.717) is 15.0 Å². The molecule has 1 aromatic heterocycles. The third-order valence-electron chi connectivity index (χ3n) is 4.62. The molecule has 29 heavy (non-hydrogen) atoms. The van der Waals surface area contributed by atoms with Crippen molar-refractivity contribution in [2.75, 3.05) is 12.4 Å². The summed E-state index contributed by atoms with van der Waals surface area (Å²) < 4.78 is 5.68. The Labute approximate surface area is 185 Å². The van der Waals surface area contributed by atoms with Gasteiger partial charge in [-0.25, -0.2) is 4.79 Å². The Bertz CT molecular complexity index is 1030. The summed E-state index contributed by atoms with van der Waals surface area (Å²) in [5.74, 6) is -0.429. The average molecular weight is 447 g/mol. The molecule has 1 atom stereocenters. The van der Waals surface area contributed by atoms with E-state index in [1.165, 1.54) is 29.6 Å². The van der Waals surface area contributed by atoms with Gasteiger partial charge in [0.2, 0.25) is 0 Å². The zero-order chi connectivity index (χ0) is 21.0. The quantitative estimate of drug-likeness (QED) is 0.341. The van der Waals surface area contributed by atoms with Crippen molar-refractivity contribution in [3.63, 3.8) is 0 Å². The molecule has 4 nitrogen and oxygen atoms in total. The summed E-state index contributed by atoms with van der Waals surface area (Å²) in [5, 5.41) is 8.29. The van der Waals surface area contributed by atoms with Crippen LogP contribution in [-0.2, 0) is 11.2 Å². The van der Waals surface area contributed by atoms with E-state index >= 15 is 0 Å². The lowest BCUT2D eigenvalue weighted by atomic mass is 10.0. The van der Waals surface area contributed by atoms with E-state index in [9.17, 15) is 4.79 Å². The van der Waals surface area contributed by atoms with Crippen molar-refractivity contribution in [1.29, 1.82) is 0 Å². The second-order valence-electron chi connectivity index (χ2n) is 6.76. The van der Waals surface area contributed by atoms with Crippen LogP contribution in [-0.4, -0.2) is 18.2 Å². The number of nitrogens with one attached hydrogen (secondary N) is 2. The third kappa shape index (κ3) is 5.07. The fraction of sp³-hybridized carbons (Fsp3) is 0.273. The van der Waals surface area contributed by atoms with Crippen LogP contribution in [0, 0.1) is 0 Å². The maximum atomic E-state index is 11.8. The van der Waals surface area contributed by atoms with Gasteiger partial charge in [0.1, 0.15) is 4.88 Å². The summed E-state index contributed by atoms with van der Waals surface area (Å²) in [6.45, 7) is 4.26. The number of rotatable bonds is 6. The largest absolute Gasteiger partial charge is 0.465 e. The van der Waals surface area contributed by atoms with Crippen molar-refractivity contribution in [1.82, 2.24) is 5.32 Å². The van der Waals surface area contributed by atoms with Crippen LogP contribution in [0.15, 0.2) is 42.5 Å². The first-order valence-electron chi connectivity index (χ1n) is 9.39. The maximum absolute atomic E-state index is 11.8. The number of halogens is 1. The van der Waals surface area contributed by atoms with Gasteiger partial charge < -0.3 is 15.4 Å². The predicted molar refractivity (Wildman–Crippen MR) is 126 cm³/mol. The molecule has 0 fully saturated rings. The molecule has 0 bridgehead atoms. The lowest BCUT2D eigenvalue weighted by molar-refractivity contribution is 0.0606. The Morgan fingerprint density at radius 3 is 2.62 bits per heavy atom. The highest BCUT2D eigenvalue weighted by Gasteiger charge is 2.18. The van der Waals surface area contributed by atoms with E-state index in [4.69, 9.17) is 28.6 Å². The number of carbonyl (C=O) groups excluding carboxylic acids is 1. The van der Waals surface area contributed by atoms with E-state index < -0.39 is 5.97 Å². The van der Waals surface area contributed by atoms with Gasteiger partial charge >= 0.3 is 5.97 Å². The normalized spacial score (nSPS) is 11.9. The first kappa shape index (κ1) is 21.6. The van der Waals surface area contributed by atoms with Gasteiger partial charge in [-0.05, 0) is 54.9 Å². The first-order valence-corrected chi connectivity index (χ1v) is 11.0. The number of ether oxygens (including phenoxy) is 1. The molecule has 0 radical (unpaired) electrons. The molecule has 0 saturated carbocycles. The number of thiophene rings is 1. The minimum absolute atomic E-state index is 0.0801. The fourth-order valence-electron chi connectivity index (χ4n) is 3.08. The zero-order valence-corrected chi connectivity index (χ0v) is 18.9. The van der Waals surface area contributed by atoms with Crippen molar-refractivity contribution >= 4 is 62.0 Å². The number of hydrogen-bond donors (Lipinski definition) is 2. The topological polar surface area (TPSA) is 50.4 Å². The van der Waals surface area contributed by atoms with Crippen LogP contribution < -0.4 is 10.6 Å². The number of anilines is 1. The second-order valence-corrected chi connectivity index (χ2v) is 8.60. The van der Waals surface area contributed by atoms with Crippen molar-refractivity contribution < 1.29 is 9.53 Å². The van der Waals surface area contributed by atoms with Crippen molar-refractivity contribution in [2.45, 2.75) is 32.7 Å². The minimum atomic E-state index is -0.429. The summed E-state index contributed by atoms with van der Waals surface area (Å²) in [6, 6.07) is 14.4. The van der Waals surface area contributed by atoms with E-state index in [0.717, 1.165) is 28.6 Å². The Morgan fingerprint density at radius 2 is 1.97 bits per heavy atom. The van der Waals surface area contributed by atoms with Gasteiger partial charge in [0.25, 0.3) is 0 Å². The Morgan fingerprint density at radius 1 is 1.24 bits per heavy atom. The summed E-state index contributed by atoms with van der Waals surface area (Å²) in [7, 11) is 1.35. The van der Waals surface area contributed by atoms with E-state index in [1.807, 2.05) is 18.2 Å². The third-order valence-corrected chi connectivity index (χ3v) is 6.48. The molecule has 0 amide bonds. The van der Waals surface area contributed by atoms with Gasteiger partial charge in [-0.3, -0.25) is 0 Å². The molecule has 2 N–H and O–H groups in total. The van der Waals surface area contributed by atoms with Crippen LogP contribution in [0.1, 0.15) is 47.1 Å². The number of thiocarbonyl (C=S) groups is 1. The number of aryl methyl sites for hydroxylation is 1. The number of carbonyl (C=O) groups is 1. The summed E-state index contributed by atoms with van der Waals surface area (Å²) >= 11 is 13.1. The number of esters is 1. The molecule has 0 spiro atoms.